The molecule has 1 aliphatic heterocycles. The monoisotopic (exact) mass is 349 g/mol. The van der Waals surface area contributed by atoms with Crippen LogP contribution in [-0.2, 0) is 16.0 Å². The maximum Gasteiger partial charge on any atom is 0.246 e. The van der Waals surface area contributed by atoms with E-state index in [2.05, 4.69) is 4.98 Å². The minimum atomic E-state index is -0.335. The minimum absolute atomic E-state index is 0.0261. The number of nitrogens with zero attached hydrogens (tertiary/aromatic N) is 3. The summed E-state index contributed by atoms with van der Waals surface area (Å²) in [5, 5.41) is 0. The van der Waals surface area contributed by atoms with E-state index in [4.69, 9.17) is 0 Å². The van der Waals surface area contributed by atoms with E-state index in [1.165, 1.54) is 0 Å². The van der Waals surface area contributed by atoms with Gasteiger partial charge in [-0.3, -0.25) is 14.6 Å². The molecule has 0 spiro atoms. The molecule has 0 bridgehead atoms. The normalized spacial score (nSPS) is 17.8. The number of aromatic nitrogens is 1. The molecule has 0 N–H and O–H groups in total. The van der Waals surface area contributed by atoms with Crippen molar-refractivity contribution in [2.45, 2.75) is 39.7 Å². The predicted octanol–water partition coefficient (Wildman–Crippen LogP) is 2.42. The molecule has 0 radical (unpaired) electrons. The third kappa shape index (κ3) is 5.23. The highest BCUT2D eigenvalue weighted by atomic mass is 32.2. The molecular weight excluding hydrogens is 322 g/mol. The van der Waals surface area contributed by atoms with Crippen LogP contribution in [0, 0.1) is 5.41 Å². The van der Waals surface area contributed by atoms with Crippen LogP contribution in [0.25, 0.3) is 0 Å². The number of hydrogen-bond acceptors (Lipinski definition) is 4. The SMILES string of the molecule is CN(CCc1ccccn1)C(=O)[C@H]1CSCN1C(=O)CC(C)(C)C. The Morgan fingerprint density at radius 1 is 1.38 bits per heavy atom. The third-order valence-corrected chi connectivity index (χ3v) is 4.99. The first-order valence-corrected chi connectivity index (χ1v) is 9.45. The lowest BCUT2D eigenvalue weighted by atomic mass is 9.91. The lowest BCUT2D eigenvalue weighted by molar-refractivity contribution is -0.143. The number of carbonyl (C=O) groups excluding carboxylic acids is 2. The van der Waals surface area contributed by atoms with E-state index < -0.39 is 0 Å². The summed E-state index contributed by atoms with van der Waals surface area (Å²) in [5.74, 6) is 1.39. The van der Waals surface area contributed by atoms with Crippen LogP contribution in [0.15, 0.2) is 24.4 Å². The highest BCUT2D eigenvalue weighted by molar-refractivity contribution is 7.99. The molecule has 0 unspecified atom stereocenters. The summed E-state index contributed by atoms with van der Waals surface area (Å²) in [5.41, 5.74) is 0.904. The maximum atomic E-state index is 12.7. The fourth-order valence-corrected chi connectivity index (χ4v) is 3.81. The van der Waals surface area contributed by atoms with Gasteiger partial charge in [-0.15, -0.1) is 11.8 Å². The fraction of sp³-hybridized carbons (Fsp3) is 0.611. The zero-order valence-electron chi connectivity index (χ0n) is 15.0. The van der Waals surface area contributed by atoms with Gasteiger partial charge in [0, 0.05) is 44.1 Å². The van der Waals surface area contributed by atoms with Crippen molar-refractivity contribution in [1.29, 1.82) is 0 Å². The van der Waals surface area contributed by atoms with E-state index in [0.717, 1.165) is 12.1 Å². The van der Waals surface area contributed by atoms with E-state index >= 15 is 0 Å². The molecule has 2 amide bonds. The Balaban J connectivity index is 1.93. The Kier molecular flexibility index (Phi) is 6.27. The molecule has 24 heavy (non-hydrogen) atoms. The molecule has 2 heterocycles. The highest BCUT2D eigenvalue weighted by Crippen LogP contribution is 2.27. The molecule has 0 saturated carbocycles. The van der Waals surface area contributed by atoms with Gasteiger partial charge in [0.1, 0.15) is 6.04 Å². The topological polar surface area (TPSA) is 53.5 Å². The summed E-state index contributed by atoms with van der Waals surface area (Å²) in [6.45, 7) is 6.75. The molecule has 2 rings (SSSR count). The Hall–Kier alpha value is -1.56. The average Bonchev–Trinajstić information content (AvgIpc) is 3.01. The van der Waals surface area contributed by atoms with Gasteiger partial charge in [0.2, 0.25) is 11.8 Å². The summed E-state index contributed by atoms with van der Waals surface area (Å²) in [4.78, 5) is 33.0. The van der Waals surface area contributed by atoms with Gasteiger partial charge in [-0.25, -0.2) is 0 Å². The van der Waals surface area contributed by atoms with Crippen molar-refractivity contribution in [1.82, 2.24) is 14.8 Å². The van der Waals surface area contributed by atoms with Crippen LogP contribution in [0.2, 0.25) is 0 Å². The number of amides is 2. The number of pyridine rings is 1. The molecule has 6 heteroatoms. The first-order chi connectivity index (χ1) is 11.3. The summed E-state index contributed by atoms with van der Waals surface area (Å²) in [7, 11) is 1.81. The molecule has 1 atom stereocenters. The summed E-state index contributed by atoms with van der Waals surface area (Å²) in [6, 6.07) is 5.46. The lowest BCUT2D eigenvalue weighted by Gasteiger charge is -2.29. The van der Waals surface area contributed by atoms with Crippen LogP contribution in [0.3, 0.4) is 0 Å². The van der Waals surface area contributed by atoms with Gasteiger partial charge in [0.15, 0.2) is 0 Å². The zero-order valence-corrected chi connectivity index (χ0v) is 15.8. The second-order valence-electron chi connectivity index (χ2n) is 7.45. The Labute approximate surface area is 148 Å². The number of rotatable bonds is 5. The highest BCUT2D eigenvalue weighted by Gasteiger charge is 2.37. The third-order valence-electron chi connectivity index (χ3n) is 3.98. The van der Waals surface area contributed by atoms with Crippen LogP contribution in [0.1, 0.15) is 32.9 Å². The first kappa shape index (κ1) is 18.8. The first-order valence-electron chi connectivity index (χ1n) is 8.30. The summed E-state index contributed by atoms with van der Waals surface area (Å²) in [6.07, 6.45) is 2.95. The van der Waals surface area contributed by atoms with E-state index in [-0.39, 0.29) is 23.3 Å². The fourth-order valence-electron chi connectivity index (χ4n) is 2.64. The van der Waals surface area contributed by atoms with Crippen LogP contribution >= 0.6 is 11.8 Å². The minimum Gasteiger partial charge on any atom is -0.344 e. The number of thioether (sulfide) groups is 1. The standard InChI is InChI=1S/C18H27N3O2S/c1-18(2,3)11-16(22)21-13-24-12-15(21)17(23)20(4)10-8-14-7-5-6-9-19-14/h5-7,9,15H,8,10-13H2,1-4H3/t15-/m1/s1. The van der Waals surface area contributed by atoms with Gasteiger partial charge < -0.3 is 9.80 Å². The molecule has 132 valence electrons. The number of carbonyl (C=O) groups is 2. The molecule has 5 nitrogen and oxygen atoms in total. The van der Waals surface area contributed by atoms with Crippen molar-refractivity contribution in [3.05, 3.63) is 30.1 Å². The predicted molar refractivity (Wildman–Crippen MR) is 97.6 cm³/mol. The molecule has 1 aromatic heterocycles. The van der Waals surface area contributed by atoms with Crippen LogP contribution in [0.5, 0.6) is 0 Å². The van der Waals surface area contributed by atoms with E-state index in [9.17, 15) is 9.59 Å². The Bertz CT molecular complexity index is 571. The molecule has 1 saturated heterocycles. The Morgan fingerprint density at radius 3 is 2.75 bits per heavy atom. The van der Waals surface area contributed by atoms with Crippen LogP contribution in [0.4, 0.5) is 0 Å². The van der Waals surface area contributed by atoms with Crippen molar-refractivity contribution in [2.24, 2.45) is 5.41 Å². The van der Waals surface area contributed by atoms with Gasteiger partial charge in [0.25, 0.3) is 0 Å². The van der Waals surface area contributed by atoms with Crippen molar-refractivity contribution < 1.29 is 9.59 Å². The average molecular weight is 350 g/mol. The van der Waals surface area contributed by atoms with E-state index in [1.54, 1.807) is 34.8 Å². The Morgan fingerprint density at radius 2 is 2.12 bits per heavy atom. The van der Waals surface area contributed by atoms with Crippen LogP contribution in [-0.4, -0.2) is 57.9 Å². The van der Waals surface area contributed by atoms with Gasteiger partial charge in [0.05, 0.1) is 5.88 Å². The molecule has 1 fully saturated rings. The van der Waals surface area contributed by atoms with Crippen LogP contribution < -0.4 is 0 Å². The maximum absolute atomic E-state index is 12.7. The van der Waals surface area contributed by atoms with E-state index in [1.807, 2.05) is 39.0 Å². The van der Waals surface area contributed by atoms with Gasteiger partial charge in [-0.1, -0.05) is 26.8 Å². The zero-order chi connectivity index (χ0) is 17.7. The van der Waals surface area contributed by atoms with Crippen molar-refractivity contribution in [3.63, 3.8) is 0 Å². The number of hydrogen-bond donors (Lipinski definition) is 0. The quantitative estimate of drug-likeness (QED) is 0.819. The molecule has 0 aliphatic carbocycles. The van der Waals surface area contributed by atoms with Crippen molar-refractivity contribution >= 4 is 23.6 Å². The molecule has 1 aromatic rings. The second-order valence-corrected chi connectivity index (χ2v) is 8.45. The lowest BCUT2D eigenvalue weighted by Crippen LogP contribution is -2.48. The summed E-state index contributed by atoms with van der Waals surface area (Å²) < 4.78 is 0. The molecular formula is C18H27N3O2S. The largest absolute Gasteiger partial charge is 0.344 e. The second kappa shape index (κ2) is 8.01. The number of likely N-dealkylation sites (N-methyl/N-ethyl adjacent to an activating group) is 1. The molecule has 0 aromatic carbocycles. The van der Waals surface area contributed by atoms with Crippen molar-refractivity contribution in [3.8, 4) is 0 Å². The van der Waals surface area contributed by atoms with E-state index in [0.29, 0.717) is 24.6 Å². The smallest absolute Gasteiger partial charge is 0.246 e. The van der Waals surface area contributed by atoms with Gasteiger partial charge in [-0.2, -0.15) is 0 Å². The van der Waals surface area contributed by atoms with Crippen molar-refractivity contribution in [2.75, 3.05) is 25.2 Å². The summed E-state index contributed by atoms with van der Waals surface area (Å²) >= 11 is 1.65. The van der Waals surface area contributed by atoms with Gasteiger partial charge >= 0.3 is 0 Å². The molecule has 1 aliphatic rings. The van der Waals surface area contributed by atoms with Gasteiger partial charge in [-0.05, 0) is 17.5 Å².